The fourth-order valence-corrected chi connectivity index (χ4v) is 3.92. The van der Waals surface area contributed by atoms with Crippen LogP contribution in [0, 0.1) is 0 Å². The van der Waals surface area contributed by atoms with Crippen LogP contribution in [-0.4, -0.2) is 48.2 Å². The SMILES string of the molecule is CC(Oc1ccc(Cl)cc1Cl)C(=O)Nc1cc(N2CCN(c3ccccc3)CC2)ncn1. The van der Waals surface area contributed by atoms with E-state index in [2.05, 4.69) is 37.2 Å². The molecule has 1 aliphatic heterocycles. The zero-order valence-corrected chi connectivity index (χ0v) is 19.1. The van der Waals surface area contributed by atoms with Crippen LogP contribution in [0.15, 0.2) is 60.9 Å². The first-order chi connectivity index (χ1) is 15.5. The minimum Gasteiger partial charge on any atom is -0.479 e. The van der Waals surface area contributed by atoms with Crippen LogP contribution < -0.4 is 19.9 Å². The second-order valence-corrected chi connectivity index (χ2v) is 8.24. The van der Waals surface area contributed by atoms with E-state index in [-0.39, 0.29) is 5.91 Å². The van der Waals surface area contributed by atoms with Crippen molar-refractivity contribution >= 4 is 46.4 Å². The maximum Gasteiger partial charge on any atom is 0.266 e. The molecule has 1 unspecified atom stereocenters. The van der Waals surface area contributed by atoms with Gasteiger partial charge in [-0.05, 0) is 37.3 Å². The molecule has 1 aromatic heterocycles. The smallest absolute Gasteiger partial charge is 0.266 e. The number of halogens is 2. The maximum atomic E-state index is 12.6. The van der Waals surface area contributed by atoms with E-state index < -0.39 is 6.10 Å². The lowest BCUT2D eigenvalue weighted by Gasteiger charge is -2.36. The Morgan fingerprint density at radius 1 is 1.00 bits per heavy atom. The average Bonchev–Trinajstić information content (AvgIpc) is 2.81. The molecule has 1 fully saturated rings. The molecule has 0 bridgehead atoms. The fourth-order valence-electron chi connectivity index (χ4n) is 3.46. The molecule has 0 spiro atoms. The van der Waals surface area contributed by atoms with Gasteiger partial charge in [0, 0.05) is 43.0 Å². The molecule has 3 aromatic rings. The number of carbonyl (C=O) groups excluding carboxylic acids is 1. The monoisotopic (exact) mass is 471 g/mol. The van der Waals surface area contributed by atoms with E-state index in [1.54, 1.807) is 31.2 Å². The van der Waals surface area contributed by atoms with Gasteiger partial charge in [0.2, 0.25) is 0 Å². The number of rotatable bonds is 6. The molecule has 2 heterocycles. The summed E-state index contributed by atoms with van der Waals surface area (Å²) in [6, 6.07) is 17.0. The van der Waals surface area contributed by atoms with Crippen molar-refractivity contribution in [2.45, 2.75) is 13.0 Å². The Balaban J connectivity index is 1.35. The molecular formula is C23H23Cl2N5O2. The first kappa shape index (κ1) is 22.2. The van der Waals surface area contributed by atoms with Crippen LogP contribution in [0.2, 0.25) is 10.0 Å². The third-order valence-corrected chi connectivity index (χ3v) is 5.73. The maximum absolute atomic E-state index is 12.6. The summed E-state index contributed by atoms with van der Waals surface area (Å²) in [5.41, 5.74) is 1.22. The lowest BCUT2D eigenvalue weighted by molar-refractivity contribution is -0.122. The molecule has 1 saturated heterocycles. The van der Waals surface area contributed by atoms with Gasteiger partial charge in [0.25, 0.3) is 5.91 Å². The van der Waals surface area contributed by atoms with E-state index in [4.69, 9.17) is 27.9 Å². The standard InChI is InChI=1S/C23H23Cl2N5O2/c1-16(32-20-8-7-17(24)13-19(20)25)23(31)28-21-14-22(27-15-26-21)30-11-9-29(10-12-30)18-5-3-2-4-6-18/h2-8,13-16H,9-12H2,1H3,(H,26,27,28,31). The summed E-state index contributed by atoms with van der Waals surface area (Å²) in [7, 11) is 0. The van der Waals surface area contributed by atoms with Crippen LogP contribution in [0.1, 0.15) is 6.92 Å². The Labute approximate surface area is 196 Å². The summed E-state index contributed by atoms with van der Waals surface area (Å²) < 4.78 is 5.67. The fraction of sp³-hybridized carbons (Fsp3) is 0.261. The zero-order valence-electron chi connectivity index (χ0n) is 17.5. The molecular weight excluding hydrogens is 449 g/mol. The van der Waals surface area contributed by atoms with E-state index in [1.807, 2.05) is 18.2 Å². The van der Waals surface area contributed by atoms with Crippen LogP contribution >= 0.6 is 23.2 Å². The van der Waals surface area contributed by atoms with Gasteiger partial charge in [-0.3, -0.25) is 4.79 Å². The van der Waals surface area contributed by atoms with Gasteiger partial charge in [0.15, 0.2) is 6.10 Å². The van der Waals surface area contributed by atoms with Gasteiger partial charge in [-0.1, -0.05) is 41.4 Å². The minimum atomic E-state index is -0.776. The quantitative estimate of drug-likeness (QED) is 0.569. The highest BCUT2D eigenvalue weighted by Crippen LogP contribution is 2.28. The second kappa shape index (κ2) is 10.1. The van der Waals surface area contributed by atoms with Crippen molar-refractivity contribution < 1.29 is 9.53 Å². The Kier molecular flexibility index (Phi) is 6.97. The highest BCUT2D eigenvalue weighted by atomic mass is 35.5. The number of ether oxygens (including phenoxy) is 1. The van der Waals surface area contributed by atoms with Gasteiger partial charge in [0.1, 0.15) is 23.7 Å². The van der Waals surface area contributed by atoms with Crippen LogP contribution in [0.3, 0.4) is 0 Å². The number of piperazine rings is 1. The highest BCUT2D eigenvalue weighted by Gasteiger charge is 2.20. The van der Waals surface area contributed by atoms with Crippen molar-refractivity contribution in [3.05, 3.63) is 71.0 Å². The Hall–Kier alpha value is -3.03. The van der Waals surface area contributed by atoms with Crippen molar-refractivity contribution in [2.24, 2.45) is 0 Å². The van der Waals surface area contributed by atoms with Gasteiger partial charge in [-0.25, -0.2) is 9.97 Å². The molecule has 166 valence electrons. The van der Waals surface area contributed by atoms with Crippen LogP contribution in [-0.2, 0) is 4.79 Å². The van der Waals surface area contributed by atoms with E-state index in [0.717, 1.165) is 32.0 Å². The van der Waals surface area contributed by atoms with Crippen LogP contribution in [0.5, 0.6) is 5.75 Å². The van der Waals surface area contributed by atoms with Gasteiger partial charge in [-0.15, -0.1) is 0 Å². The van der Waals surface area contributed by atoms with E-state index in [9.17, 15) is 4.79 Å². The summed E-state index contributed by atoms with van der Waals surface area (Å²) in [4.78, 5) is 25.7. The van der Waals surface area contributed by atoms with E-state index in [0.29, 0.717) is 21.6 Å². The first-order valence-electron chi connectivity index (χ1n) is 10.3. The molecule has 9 heteroatoms. The van der Waals surface area contributed by atoms with Crippen molar-refractivity contribution in [1.29, 1.82) is 0 Å². The predicted octanol–water partition coefficient (Wildman–Crippen LogP) is 4.52. The highest BCUT2D eigenvalue weighted by molar-refractivity contribution is 6.35. The van der Waals surface area contributed by atoms with Gasteiger partial charge < -0.3 is 19.9 Å². The predicted molar refractivity (Wildman–Crippen MR) is 128 cm³/mol. The summed E-state index contributed by atoms with van der Waals surface area (Å²) in [5.74, 6) is 1.24. The summed E-state index contributed by atoms with van der Waals surface area (Å²) >= 11 is 12.0. The number of nitrogens with zero attached hydrogens (tertiary/aromatic N) is 4. The third-order valence-electron chi connectivity index (χ3n) is 5.20. The molecule has 2 aromatic carbocycles. The molecule has 0 radical (unpaired) electrons. The Morgan fingerprint density at radius 2 is 1.72 bits per heavy atom. The number of para-hydroxylation sites is 1. The molecule has 1 N–H and O–H groups in total. The average molecular weight is 472 g/mol. The lowest BCUT2D eigenvalue weighted by atomic mass is 10.2. The molecule has 4 rings (SSSR count). The summed E-state index contributed by atoms with van der Waals surface area (Å²) in [5, 5.41) is 3.63. The van der Waals surface area contributed by atoms with E-state index in [1.165, 1.54) is 12.0 Å². The van der Waals surface area contributed by atoms with Crippen molar-refractivity contribution in [3.63, 3.8) is 0 Å². The van der Waals surface area contributed by atoms with Crippen LogP contribution in [0.4, 0.5) is 17.3 Å². The summed E-state index contributed by atoms with van der Waals surface area (Å²) in [6.45, 7) is 5.08. The molecule has 32 heavy (non-hydrogen) atoms. The normalized spacial score (nSPS) is 14.7. The molecule has 0 saturated carbocycles. The number of amides is 1. The van der Waals surface area contributed by atoms with Gasteiger partial charge >= 0.3 is 0 Å². The molecule has 0 aliphatic carbocycles. The van der Waals surface area contributed by atoms with Gasteiger partial charge in [-0.2, -0.15) is 0 Å². The summed E-state index contributed by atoms with van der Waals surface area (Å²) in [6.07, 6.45) is 0.678. The van der Waals surface area contributed by atoms with Crippen LogP contribution in [0.25, 0.3) is 0 Å². The largest absolute Gasteiger partial charge is 0.479 e. The topological polar surface area (TPSA) is 70.6 Å². The molecule has 1 amide bonds. The number of hydrogen-bond donors (Lipinski definition) is 1. The van der Waals surface area contributed by atoms with E-state index >= 15 is 0 Å². The van der Waals surface area contributed by atoms with Crippen molar-refractivity contribution in [3.8, 4) is 5.75 Å². The number of hydrogen-bond acceptors (Lipinski definition) is 6. The third kappa shape index (κ3) is 5.41. The van der Waals surface area contributed by atoms with Gasteiger partial charge in [0.05, 0.1) is 5.02 Å². The lowest BCUT2D eigenvalue weighted by Crippen LogP contribution is -2.46. The minimum absolute atomic E-state index is 0.338. The number of carbonyl (C=O) groups is 1. The number of nitrogens with one attached hydrogen (secondary N) is 1. The molecule has 1 atom stereocenters. The Bertz CT molecular complexity index is 1070. The molecule has 1 aliphatic rings. The number of benzene rings is 2. The molecule has 7 nitrogen and oxygen atoms in total. The first-order valence-corrected chi connectivity index (χ1v) is 11.0. The van der Waals surface area contributed by atoms with Crippen molar-refractivity contribution in [2.75, 3.05) is 41.3 Å². The second-order valence-electron chi connectivity index (χ2n) is 7.40. The number of anilines is 3. The number of aromatic nitrogens is 2. The zero-order chi connectivity index (χ0) is 22.5. The van der Waals surface area contributed by atoms with Crippen molar-refractivity contribution in [1.82, 2.24) is 9.97 Å². The Morgan fingerprint density at radius 3 is 2.44 bits per heavy atom.